The van der Waals surface area contributed by atoms with Crippen molar-refractivity contribution in [1.82, 2.24) is 9.97 Å². The van der Waals surface area contributed by atoms with Crippen molar-refractivity contribution in [2.45, 2.75) is 13.0 Å². The Morgan fingerprint density at radius 1 is 1.88 bits per heavy atom. The number of H-pyrrole nitrogens is 1. The number of rotatable bonds is 1. The average Bonchev–Trinajstić information content (AvgIpc) is 2.12. The molecule has 1 aromatic heterocycles. The predicted octanol–water partition coefficient (Wildman–Crippen LogP) is 0.429. The monoisotopic (exact) mass is 111 g/mol. The van der Waals surface area contributed by atoms with Crippen LogP contribution in [-0.4, -0.2) is 9.97 Å². The van der Waals surface area contributed by atoms with Gasteiger partial charge in [0.1, 0.15) is 0 Å². The predicted molar refractivity (Wildman–Crippen MR) is 31.2 cm³/mol. The van der Waals surface area contributed by atoms with Gasteiger partial charge in [-0.05, 0) is 6.92 Å². The van der Waals surface area contributed by atoms with E-state index < -0.39 is 0 Å². The first-order valence-electron chi connectivity index (χ1n) is 2.55. The Balaban J connectivity index is 2.77. The van der Waals surface area contributed by atoms with E-state index in [4.69, 9.17) is 5.73 Å². The zero-order valence-electron chi connectivity index (χ0n) is 4.76. The number of imidazole rings is 1. The van der Waals surface area contributed by atoms with Gasteiger partial charge in [0.25, 0.3) is 0 Å². The molecule has 3 nitrogen and oxygen atoms in total. The molecule has 1 aromatic rings. The first-order chi connectivity index (χ1) is 3.80. The van der Waals surface area contributed by atoms with Crippen LogP contribution >= 0.6 is 0 Å². The first-order valence-corrected chi connectivity index (χ1v) is 2.55. The van der Waals surface area contributed by atoms with E-state index >= 15 is 0 Å². The molecule has 0 radical (unpaired) electrons. The fourth-order valence-electron chi connectivity index (χ4n) is 0.521. The standard InChI is InChI=1S/C5H9N3/c1-4(6)5-2-7-3-8-5/h2-4H,6H2,1H3,(H,7,8). The Kier molecular flexibility index (Phi) is 1.30. The smallest absolute Gasteiger partial charge is 0.0923 e. The van der Waals surface area contributed by atoms with Gasteiger partial charge < -0.3 is 10.7 Å². The fourth-order valence-corrected chi connectivity index (χ4v) is 0.521. The first kappa shape index (κ1) is 5.31. The summed E-state index contributed by atoms with van der Waals surface area (Å²) in [6.07, 6.45) is 3.42. The van der Waals surface area contributed by atoms with Crippen LogP contribution in [0.3, 0.4) is 0 Å². The van der Waals surface area contributed by atoms with Crippen molar-refractivity contribution in [3.8, 4) is 0 Å². The highest BCUT2D eigenvalue weighted by Gasteiger charge is 1.97. The molecule has 3 heteroatoms. The molecule has 0 aliphatic heterocycles. The van der Waals surface area contributed by atoms with Crippen LogP contribution in [0.5, 0.6) is 0 Å². The molecule has 44 valence electrons. The lowest BCUT2D eigenvalue weighted by Crippen LogP contribution is -2.04. The third-order valence-electron chi connectivity index (χ3n) is 0.986. The van der Waals surface area contributed by atoms with Crippen molar-refractivity contribution in [2.75, 3.05) is 0 Å². The quantitative estimate of drug-likeness (QED) is 0.552. The number of nitrogens with zero attached hydrogens (tertiary/aromatic N) is 1. The van der Waals surface area contributed by atoms with Crippen molar-refractivity contribution in [2.24, 2.45) is 5.73 Å². The molecule has 0 bridgehead atoms. The minimum Gasteiger partial charge on any atom is -0.351 e. The number of aromatic nitrogens is 2. The van der Waals surface area contributed by atoms with Crippen LogP contribution < -0.4 is 5.73 Å². The maximum Gasteiger partial charge on any atom is 0.0923 e. The molecule has 1 unspecified atom stereocenters. The Hall–Kier alpha value is -0.830. The van der Waals surface area contributed by atoms with Crippen LogP contribution in [0.1, 0.15) is 18.7 Å². The summed E-state index contributed by atoms with van der Waals surface area (Å²) in [5.74, 6) is 0. The second-order valence-electron chi connectivity index (χ2n) is 1.78. The van der Waals surface area contributed by atoms with Crippen LogP contribution in [-0.2, 0) is 0 Å². The average molecular weight is 111 g/mol. The van der Waals surface area contributed by atoms with Gasteiger partial charge in [-0.2, -0.15) is 0 Å². The molecule has 0 fully saturated rings. The SMILES string of the molecule is CC(N)c1c[nH]cn1. The van der Waals surface area contributed by atoms with Gasteiger partial charge in [-0.1, -0.05) is 0 Å². The van der Waals surface area contributed by atoms with E-state index in [1.165, 1.54) is 0 Å². The fraction of sp³-hybridized carbons (Fsp3) is 0.400. The van der Waals surface area contributed by atoms with E-state index in [1.54, 1.807) is 12.5 Å². The summed E-state index contributed by atoms with van der Waals surface area (Å²) in [6, 6.07) is 0.0428. The molecule has 0 saturated carbocycles. The Morgan fingerprint density at radius 2 is 2.62 bits per heavy atom. The number of nitrogens with one attached hydrogen (secondary N) is 1. The largest absolute Gasteiger partial charge is 0.351 e. The Bertz CT molecular complexity index is 143. The molecule has 1 atom stereocenters. The zero-order chi connectivity index (χ0) is 5.98. The van der Waals surface area contributed by atoms with Crippen LogP contribution in [0.25, 0.3) is 0 Å². The van der Waals surface area contributed by atoms with Crippen molar-refractivity contribution < 1.29 is 0 Å². The van der Waals surface area contributed by atoms with Gasteiger partial charge in [0.15, 0.2) is 0 Å². The van der Waals surface area contributed by atoms with Gasteiger partial charge in [-0.15, -0.1) is 0 Å². The normalized spacial score (nSPS) is 13.8. The molecule has 3 N–H and O–H groups in total. The van der Waals surface area contributed by atoms with Crippen LogP contribution in [0, 0.1) is 0 Å². The lowest BCUT2D eigenvalue weighted by Gasteiger charge is -1.95. The van der Waals surface area contributed by atoms with Gasteiger partial charge in [0, 0.05) is 12.2 Å². The van der Waals surface area contributed by atoms with E-state index in [1.807, 2.05) is 6.92 Å². The lowest BCUT2D eigenvalue weighted by molar-refractivity contribution is 0.789. The van der Waals surface area contributed by atoms with Gasteiger partial charge in [0.05, 0.1) is 12.0 Å². The molecule has 1 rings (SSSR count). The number of aromatic amines is 1. The molecule has 0 aromatic carbocycles. The number of nitrogens with two attached hydrogens (primary N) is 1. The number of hydrogen-bond donors (Lipinski definition) is 2. The van der Waals surface area contributed by atoms with E-state index in [-0.39, 0.29) is 6.04 Å². The van der Waals surface area contributed by atoms with E-state index in [0.29, 0.717) is 0 Å². The highest BCUT2D eigenvalue weighted by molar-refractivity contribution is 4.98. The Labute approximate surface area is 47.9 Å². The van der Waals surface area contributed by atoms with Crippen molar-refractivity contribution >= 4 is 0 Å². The summed E-state index contributed by atoms with van der Waals surface area (Å²) in [6.45, 7) is 1.90. The maximum absolute atomic E-state index is 5.48. The van der Waals surface area contributed by atoms with Crippen LogP contribution in [0.2, 0.25) is 0 Å². The molecule has 1 heterocycles. The summed E-state index contributed by atoms with van der Waals surface area (Å²) < 4.78 is 0. The highest BCUT2D eigenvalue weighted by Crippen LogP contribution is 2.00. The molecular formula is C5H9N3. The molecule has 0 aliphatic carbocycles. The summed E-state index contributed by atoms with van der Waals surface area (Å²) in [7, 11) is 0. The molecular weight excluding hydrogens is 102 g/mol. The minimum atomic E-state index is 0.0428. The molecule has 0 aliphatic rings. The van der Waals surface area contributed by atoms with Gasteiger partial charge >= 0.3 is 0 Å². The van der Waals surface area contributed by atoms with Crippen molar-refractivity contribution in [1.29, 1.82) is 0 Å². The summed E-state index contributed by atoms with van der Waals surface area (Å²) in [5, 5.41) is 0. The van der Waals surface area contributed by atoms with Gasteiger partial charge in [0.2, 0.25) is 0 Å². The topological polar surface area (TPSA) is 54.7 Å². The molecule has 8 heavy (non-hydrogen) atoms. The highest BCUT2D eigenvalue weighted by atomic mass is 14.9. The minimum absolute atomic E-state index is 0.0428. The molecule has 0 amide bonds. The van der Waals surface area contributed by atoms with E-state index in [9.17, 15) is 0 Å². The third-order valence-corrected chi connectivity index (χ3v) is 0.986. The maximum atomic E-state index is 5.48. The van der Waals surface area contributed by atoms with Crippen molar-refractivity contribution in [3.05, 3.63) is 18.2 Å². The van der Waals surface area contributed by atoms with Crippen LogP contribution in [0.4, 0.5) is 0 Å². The summed E-state index contributed by atoms with van der Waals surface area (Å²) >= 11 is 0. The zero-order valence-corrected chi connectivity index (χ0v) is 4.76. The van der Waals surface area contributed by atoms with Crippen LogP contribution in [0.15, 0.2) is 12.5 Å². The van der Waals surface area contributed by atoms with E-state index in [2.05, 4.69) is 9.97 Å². The molecule has 0 spiro atoms. The van der Waals surface area contributed by atoms with Gasteiger partial charge in [-0.3, -0.25) is 0 Å². The van der Waals surface area contributed by atoms with Gasteiger partial charge in [-0.25, -0.2) is 4.98 Å². The summed E-state index contributed by atoms with van der Waals surface area (Å²) in [5.41, 5.74) is 6.38. The Morgan fingerprint density at radius 3 is 2.88 bits per heavy atom. The van der Waals surface area contributed by atoms with E-state index in [0.717, 1.165) is 5.69 Å². The van der Waals surface area contributed by atoms with Crippen molar-refractivity contribution in [3.63, 3.8) is 0 Å². The number of hydrogen-bond acceptors (Lipinski definition) is 2. The third kappa shape index (κ3) is 0.869. The summed E-state index contributed by atoms with van der Waals surface area (Å²) in [4.78, 5) is 6.76. The lowest BCUT2D eigenvalue weighted by atomic mass is 10.3. The molecule has 0 saturated heterocycles. The second-order valence-corrected chi connectivity index (χ2v) is 1.78. The second kappa shape index (κ2) is 1.96.